The molecular weight excluding hydrogens is 490 g/mol. The molecule has 2 heterocycles. The first-order chi connectivity index (χ1) is 17.9. The van der Waals surface area contributed by atoms with Crippen molar-refractivity contribution in [1.29, 1.82) is 0 Å². The first-order valence-electron chi connectivity index (χ1n) is 11.8. The third-order valence-corrected chi connectivity index (χ3v) is 6.64. The van der Waals surface area contributed by atoms with Crippen LogP contribution < -0.4 is 16.1 Å². The quantitative estimate of drug-likeness (QED) is 0.269. The Balaban J connectivity index is 1.36. The molecule has 2 aliphatic heterocycles. The van der Waals surface area contributed by atoms with Gasteiger partial charge in [0.1, 0.15) is 11.4 Å². The lowest BCUT2D eigenvalue weighted by atomic mass is 9.96. The third-order valence-electron chi connectivity index (χ3n) is 6.39. The van der Waals surface area contributed by atoms with Crippen LogP contribution in [0.3, 0.4) is 0 Å². The summed E-state index contributed by atoms with van der Waals surface area (Å²) in [5.41, 5.74) is 4.17. The molecule has 3 amide bonds. The van der Waals surface area contributed by atoms with Gasteiger partial charge in [0.05, 0.1) is 11.8 Å². The fourth-order valence-electron chi connectivity index (χ4n) is 4.45. The lowest BCUT2D eigenvalue weighted by Crippen LogP contribution is -2.51. The van der Waals surface area contributed by atoms with Crippen molar-refractivity contribution in [3.05, 3.63) is 100 Å². The standard InChI is InChI=1S/C28H24ClN5O3/c1-17-9-14-22(26(35)32-24-8-4-6-19-5-2-3-7-21(19)24)25-30-16-23(28(37)34(17)25)27(36)33-31-15-18-10-12-20(29)13-11-18/h2-8,10-13,15-17,30H,9,14H2,1H3,(H,32,35)(H,33,36)/b31-15+. The Morgan fingerprint density at radius 1 is 1.05 bits per heavy atom. The van der Waals surface area contributed by atoms with Crippen LogP contribution in [0, 0.1) is 0 Å². The molecule has 186 valence electrons. The molecule has 0 fully saturated rings. The second kappa shape index (κ2) is 10.3. The van der Waals surface area contributed by atoms with Crippen LogP contribution in [0.25, 0.3) is 10.8 Å². The molecular formula is C28H24ClN5O3. The molecule has 9 heteroatoms. The number of amides is 3. The zero-order chi connectivity index (χ0) is 25.9. The number of rotatable bonds is 5. The number of nitrogens with one attached hydrogen (secondary N) is 3. The molecule has 3 aromatic rings. The Bertz CT molecular complexity index is 1490. The second-order valence-electron chi connectivity index (χ2n) is 8.82. The molecule has 0 radical (unpaired) electrons. The third kappa shape index (κ3) is 4.96. The Morgan fingerprint density at radius 2 is 1.81 bits per heavy atom. The van der Waals surface area contributed by atoms with Crippen molar-refractivity contribution in [2.45, 2.75) is 25.8 Å². The van der Waals surface area contributed by atoms with Gasteiger partial charge in [0, 0.05) is 28.3 Å². The fraction of sp³-hybridized carbons (Fsp3) is 0.143. The Morgan fingerprint density at radius 3 is 2.62 bits per heavy atom. The fourth-order valence-corrected chi connectivity index (χ4v) is 4.57. The number of carbonyl (C=O) groups is 3. The van der Waals surface area contributed by atoms with Gasteiger partial charge in [-0.3, -0.25) is 19.3 Å². The summed E-state index contributed by atoms with van der Waals surface area (Å²) < 4.78 is 0. The summed E-state index contributed by atoms with van der Waals surface area (Å²) in [5, 5.41) is 12.5. The number of halogens is 1. The predicted octanol–water partition coefficient (Wildman–Crippen LogP) is 4.29. The van der Waals surface area contributed by atoms with Gasteiger partial charge in [-0.15, -0.1) is 0 Å². The number of hydrogen-bond acceptors (Lipinski definition) is 5. The van der Waals surface area contributed by atoms with Crippen molar-refractivity contribution < 1.29 is 14.4 Å². The Hall–Kier alpha value is -4.43. The van der Waals surface area contributed by atoms with Crippen LogP contribution in [0.5, 0.6) is 0 Å². The maximum absolute atomic E-state index is 13.3. The number of fused-ring (bicyclic) bond motifs is 2. The Kier molecular flexibility index (Phi) is 6.74. The van der Waals surface area contributed by atoms with E-state index in [4.69, 9.17) is 11.6 Å². The van der Waals surface area contributed by atoms with E-state index in [0.29, 0.717) is 34.9 Å². The highest BCUT2D eigenvalue weighted by Gasteiger charge is 2.38. The van der Waals surface area contributed by atoms with Crippen LogP contribution in [-0.2, 0) is 14.4 Å². The van der Waals surface area contributed by atoms with E-state index in [1.165, 1.54) is 17.3 Å². The topological polar surface area (TPSA) is 103 Å². The van der Waals surface area contributed by atoms with Gasteiger partial charge in [-0.2, -0.15) is 5.10 Å². The van der Waals surface area contributed by atoms with Crippen LogP contribution >= 0.6 is 11.6 Å². The van der Waals surface area contributed by atoms with Crippen molar-refractivity contribution in [2.75, 3.05) is 5.32 Å². The summed E-state index contributed by atoms with van der Waals surface area (Å²) in [6.07, 6.45) is 3.86. The SMILES string of the molecule is CC1CCC(C(=O)Nc2cccc3ccccc23)=C2NC=C(C(=O)N/N=C/c3ccc(Cl)cc3)C(=O)N21. The zero-order valence-corrected chi connectivity index (χ0v) is 20.8. The first kappa shape index (κ1) is 24.3. The van der Waals surface area contributed by atoms with E-state index in [1.807, 2.05) is 49.4 Å². The van der Waals surface area contributed by atoms with Crippen LogP contribution in [0.2, 0.25) is 5.02 Å². The molecule has 2 aliphatic rings. The molecule has 5 rings (SSSR count). The number of hydrazone groups is 1. The smallest absolute Gasteiger partial charge is 0.278 e. The van der Waals surface area contributed by atoms with E-state index in [0.717, 1.165) is 16.3 Å². The minimum Gasteiger partial charge on any atom is -0.347 e. The van der Waals surface area contributed by atoms with E-state index in [2.05, 4.69) is 21.2 Å². The number of hydrogen-bond donors (Lipinski definition) is 3. The van der Waals surface area contributed by atoms with Crippen molar-refractivity contribution in [2.24, 2.45) is 5.10 Å². The van der Waals surface area contributed by atoms with Gasteiger partial charge in [0.15, 0.2) is 0 Å². The molecule has 1 unspecified atom stereocenters. The number of carbonyl (C=O) groups excluding carboxylic acids is 3. The van der Waals surface area contributed by atoms with Crippen molar-refractivity contribution in [1.82, 2.24) is 15.6 Å². The summed E-state index contributed by atoms with van der Waals surface area (Å²) in [7, 11) is 0. The van der Waals surface area contributed by atoms with Crippen molar-refractivity contribution in [3.8, 4) is 0 Å². The normalized spacial score (nSPS) is 17.4. The van der Waals surface area contributed by atoms with Gasteiger partial charge in [-0.05, 0) is 48.9 Å². The highest BCUT2D eigenvalue weighted by molar-refractivity contribution is 6.30. The van der Waals surface area contributed by atoms with Gasteiger partial charge in [0.25, 0.3) is 17.7 Å². The molecule has 3 N–H and O–H groups in total. The molecule has 0 bridgehead atoms. The van der Waals surface area contributed by atoms with E-state index in [1.54, 1.807) is 24.3 Å². The predicted molar refractivity (Wildman–Crippen MR) is 144 cm³/mol. The van der Waals surface area contributed by atoms with E-state index >= 15 is 0 Å². The maximum Gasteiger partial charge on any atom is 0.278 e. The van der Waals surface area contributed by atoms with E-state index in [-0.39, 0.29) is 17.5 Å². The Labute approximate surface area is 218 Å². The minimum atomic E-state index is -0.652. The lowest BCUT2D eigenvalue weighted by Gasteiger charge is -2.39. The average Bonchev–Trinajstić information content (AvgIpc) is 2.90. The van der Waals surface area contributed by atoms with Gasteiger partial charge >= 0.3 is 0 Å². The summed E-state index contributed by atoms with van der Waals surface area (Å²) in [5.74, 6) is -1.04. The van der Waals surface area contributed by atoms with Gasteiger partial charge in [-0.1, -0.05) is 60.1 Å². The molecule has 0 saturated carbocycles. The highest BCUT2D eigenvalue weighted by atomic mass is 35.5. The van der Waals surface area contributed by atoms with Crippen LogP contribution in [0.1, 0.15) is 25.3 Å². The molecule has 1 atom stereocenters. The van der Waals surface area contributed by atoms with Crippen molar-refractivity contribution >= 4 is 52.0 Å². The second-order valence-corrected chi connectivity index (χ2v) is 9.26. The zero-order valence-electron chi connectivity index (χ0n) is 20.0. The molecule has 37 heavy (non-hydrogen) atoms. The molecule has 0 spiro atoms. The average molecular weight is 514 g/mol. The summed E-state index contributed by atoms with van der Waals surface area (Å²) in [6.45, 7) is 1.89. The lowest BCUT2D eigenvalue weighted by molar-refractivity contribution is -0.131. The number of anilines is 1. The summed E-state index contributed by atoms with van der Waals surface area (Å²) >= 11 is 5.88. The number of nitrogens with zero attached hydrogens (tertiary/aromatic N) is 2. The molecule has 0 aromatic heterocycles. The molecule has 3 aromatic carbocycles. The first-order valence-corrected chi connectivity index (χ1v) is 12.2. The van der Waals surface area contributed by atoms with Crippen LogP contribution in [0.4, 0.5) is 5.69 Å². The minimum absolute atomic E-state index is 0.0976. The molecule has 0 saturated heterocycles. The van der Waals surface area contributed by atoms with Crippen LogP contribution in [0.15, 0.2) is 95.0 Å². The molecule has 0 aliphatic carbocycles. The molecule has 8 nitrogen and oxygen atoms in total. The monoisotopic (exact) mass is 513 g/mol. The van der Waals surface area contributed by atoms with E-state index in [9.17, 15) is 14.4 Å². The van der Waals surface area contributed by atoms with Crippen LogP contribution in [-0.4, -0.2) is 34.9 Å². The van der Waals surface area contributed by atoms with Gasteiger partial charge in [0.2, 0.25) is 0 Å². The van der Waals surface area contributed by atoms with E-state index < -0.39 is 11.8 Å². The van der Waals surface area contributed by atoms with Gasteiger partial charge in [-0.25, -0.2) is 5.43 Å². The van der Waals surface area contributed by atoms with Gasteiger partial charge < -0.3 is 10.6 Å². The number of benzene rings is 3. The highest BCUT2D eigenvalue weighted by Crippen LogP contribution is 2.31. The van der Waals surface area contributed by atoms with Crippen molar-refractivity contribution in [3.63, 3.8) is 0 Å². The summed E-state index contributed by atoms with van der Waals surface area (Å²) in [6, 6.07) is 20.2. The maximum atomic E-state index is 13.3. The summed E-state index contributed by atoms with van der Waals surface area (Å²) in [4.78, 5) is 40.8. The largest absolute Gasteiger partial charge is 0.347 e.